The Morgan fingerprint density at radius 2 is 1.39 bits per heavy atom. The van der Waals surface area contributed by atoms with Crippen molar-refractivity contribution >= 4 is 22.9 Å². The van der Waals surface area contributed by atoms with Crippen LogP contribution in [0.1, 0.15) is 24.5 Å². The fourth-order valence-corrected chi connectivity index (χ4v) is 2.03. The molecule has 0 unspecified atom stereocenters. The minimum absolute atomic E-state index is 0.558. The average molecular weight is 307 g/mol. The van der Waals surface area contributed by atoms with Crippen molar-refractivity contribution < 1.29 is 0 Å². The Kier molecular flexibility index (Phi) is 5.63. The first-order chi connectivity index (χ1) is 11.1. The van der Waals surface area contributed by atoms with Gasteiger partial charge in [-0.15, -0.1) is 10.2 Å². The zero-order valence-electron chi connectivity index (χ0n) is 13.4. The van der Waals surface area contributed by atoms with Gasteiger partial charge < -0.3 is 11.5 Å². The molecule has 0 atom stereocenters. The normalized spacial score (nSPS) is 12.8. The van der Waals surface area contributed by atoms with Crippen molar-refractivity contribution in [3.8, 4) is 0 Å². The Morgan fingerprint density at radius 3 is 1.87 bits per heavy atom. The second kappa shape index (κ2) is 7.89. The van der Waals surface area contributed by atoms with E-state index in [1.165, 1.54) is 0 Å². The third-order valence-corrected chi connectivity index (χ3v) is 3.24. The number of anilines is 2. The first kappa shape index (κ1) is 16.4. The summed E-state index contributed by atoms with van der Waals surface area (Å²) in [5.41, 5.74) is 15.5. The zero-order chi connectivity index (χ0) is 16.7. The van der Waals surface area contributed by atoms with Crippen LogP contribution < -0.4 is 11.5 Å². The third-order valence-electron chi connectivity index (χ3n) is 3.24. The molecule has 2 aromatic rings. The minimum Gasteiger partial charge on any atom is -0.399 e. The van der Waals surface area contributed by atoms with Crippen molar-refractivity contribution in [3.63, 3.8) is 0 Å². The molecule has 0 fully saturated rings. The van der Waals surface area contributed by atoms with E-state index in [1.807, 2.05) is 54.6 Å². The number of hydrogen-bond acceptors (Lipinski definition) is 4. The molecule has 2 aromatic carbocycles. The van der Waals surface area contributed by atoms with Crippen LogP contribution in [0, 0.1) is 0 Å². The fraction of sp³-hybridized carbons (Fsp3) is 0.167. The average Bonchev–Trinajstić information content (AvgIpc) is 2.56. The summed E-state index contributed by atoms with van der Waals surface area (Å²) in [5.74, 6) is 0.558. The predicted octanol–water partition coefficient (Wildman–Crippen LogP) is 4.13. The molecule has 0 aliphatic rings. The van der Waals surface area contributed by atoms with Crippen LogP contribution in [0.4, 0.5) is 11.4 Å². The summed E-state index contributed by atoms with van der Waals surface area (Å²) in [6.07, 6.45) is 2.88. The largest absolute Gasteiger partial charge is 0.399 e. The van der Waals surface area contributed by atoms with Crippen LogP contribution >= 0.6 is 0 Å². The monoisotopic (exact) mass is 307 g/mol. The second-order valence-electron chi connectivity index (χ2n) is 4.99. The first-order valence-electron chi connectivity index (χ1n) is 7.44. The van der Waals surface area contributed by atoms with E-state index in [9.17, 15) is 0 Å². The molecule has 5 nitrogen and oxygen atoms in total. The summed E-state index contributed by atoms with van der Waals surface area (Å²) in [6, 6.07) is 15.0. The highest BCUT2D eigenvalue weighted by Crippen LogP contribution is 2.19. The summed E-state index contributed by atoms with van der Waals surface area (Å²) in [4.78, 5) is 4.20. The Labute approximate surface area is 136 Å². The zero-order valence-corrected chi connectivity index (χ0v) is 13.4. The van der Waals surface area contributed by atoms with Gasteiger partial charge in [-0.1, -0.05) is 25.1 Å². The van der Waals surface area contributed by atoms with E-state index in [-0.39, 0.29) is 0 Å². The highest BCUT2D eigenvalue weighted by Gasteiger charge is 2.03. The van der Waals surface area contributed by atoms with Gasteiger partial charge in [0.25, 0.3) is 0 Å². The lowest BCUT2D eigenvalue weighted by Crippen LogP contribution is -1.97. The van der Waals surface area contributed by atoms with Crippen LogP contribution in [0.15, 0.2) is 69.8 Å². The maximum Gasteiger partial charge on any atom is 0.176 e. The van der Waals surface area contributed by atoms with Gasteiger partial charge in [0.05, 0.1) is 5.70 Å². The van der Waals surface area contributed by atoms with Crippen molar-refractivity contribution in [1.82, 2.24) is 0 Å². The van der Waals surface area contributed by atoms with Gasteiger partial charge in [-0.3, -0.25) is 4.99 Å². The lowest BCUT2D eigenvalue weighted by molar-refractivity contribution is 1.18. The lowest BCUT2D eigenvalue weighted by atomic mass is 10.1. The summed E-state index contributed by atoms with van der Waals surface area (Å²) < 4.78 is 0. The van der Waals surface area contributed by atoms with Crippen molar-refractivity contribution in [2.24, 2.45) is 15.2 Å². The Balaban J connectivity index is 2.28. The molecule has 0 radical (unpaired) electrons. The molecule has 0 heterocycles. The minimum atomic E-state index is 0.558. The number of nitrogens with two attached hydrogens (primary N) is 2. The summed E-state index contributed by atoms with van der Waals surface area (Å²) in [6.45, 7) is 2.06. The van der Waals surface area contributed by atoms with Gasteiger partial charge in [0.1, 0.15) is 0 Å². The van der Waals surface area contributed by atoms with Gasteiger partial charge in [-0.2, -0.15) is 0 Å². The summed E-state index contributed by atoms with van der Waals surface area (Å²) in [7, 11) is 1.69. The Morgan fingerprint density at radius 1 is 0.870 bits per heavy atom. The quantitative estimate of drug-likeness (QED) is 0.385. The number of azo groups is 1. The SMILES string of the molecule is CC\C=C(/N=N\C(=N/C)c1ccc(N)cc1)c1ccc(N)cc1. The van der Waals surface area contributed by atoms with E-state index in [2.05, 4.69) is 22.1 Å². The van der Waals surface area contributed by atoms with E-state index in [4.69, 9.17) is 11.5 Å². The fourth-order valence-electron chi connectivity index (χ4n) is 2.03. The van der Waals surface area contributed by atoms with Crippen molar-refractivity contribution in [3.05, 3.63) is 65.7 Å². The highest BCUT2D eigenvalue weighted by molar-refractivity contribution is 5.99. The number of allylic oxidation sites excluding steroid dienone is 1. The topological polar surface area (TPSA) is 89.1 Å². The summed E-state index contributed by atoms with van der Waals surface area (Å²) in [5, 5.41) is 8.66. The number of nitrogens with zero attached hydrogens (tertiary/aromatic N) is 3. The molecule has 23 heavy (non-hydrogen) atoms. The second-order valence-corrected chi connectivity index (χ2v) is 4.99. The molecule has 0 aliphatic heterocycles. The van der Waals surface area contributed by atoms with Crippen LogP contribution in [0.3, 0.4) is 0 Å². The highest BCUT2D eigenvalue weighted by atomic mass is 15.1. The summed E-state index contributed by atoms with van der Waals surface area (Å²) >= 11 is 0. The first-order valence-corrected chi connectivity index (χ1v) is 7.44. The number of rotatable bonds is 4. The number of aliphatic imine (C=N–C) groups is 1. The van der Waals surface area contributed by atoms with E-state index in [1.54, 1.807) is 7.05 Å². The molecule has 0 saturated carbocycles. The predicted molar refractivity (Wildman–Crippen MR) is 97.3 cm³/mol. The molecule has 4 N–H and O–H groups in total. The van der Waals surface area contributed by atoms with E-state index < -0.39 is 0 Å². The number of benzene rings is 2. The number of nitrogen functional groups attached to an aromatic ring is 2. The van der Waals surface area contributed by atoms with Crippen LogP contribution in [-0.2, 0) is 0 Å². The molecule has 118 valence electrons. The smallest absolute Gasteiger partial charge is 0.176 e. The van der Waals surface area contributed by atoms with Gasteiger partial charge in [0.2, 0.25) is 0 Å². The number of amidine groups is 1. The van der Waals surface area contributed by atoms with Gasteiger partial charge >= 0.3 is 0 Å². The molecular weight excluding hydrogens is 286 g/mol. The van der Waals surface area contributed by atoms with E-state index >= 15 is 0 Å². The number of hydrogen-bond donors (Lipinski definition) is 2. The van der Waals surface area contributed by atoms with Crippen LogP contribution in [0.5, 0.6) is 0 Å². The standard InChI is InChI=1S/C18H21N5/c1-3-4-17(13-5-9-15(19)10-6-13)22-23-18(21-2)14-7-11-16(20)12-8-14/h4-12H,3,19-20H2,1-2H3/b17-4-,21-18-,23-22-. The molecule has 0 saturated heterocycles. The van der Waals surface area contributed by atoms with Crippen LogP contribution in [0.2, 0.25) is 0 Å². The van der Waals surface area contributed by atoms with Gasteiger partial charge in [-0.05, 0) is 42.8 Å². The van der Waals surface area contributed by atoms with Crippen LogP contribution in [-0.4, -0.2) is 12.9 Å². The molecule has 2 rings (SSSR count). The molecule has 5 heteroatoms. The molecule has 0 bridgehead atoms. The van der Waals surface area contributed by atoms with Gasteiger partial charge in [-0.25, -0.2) is 0 Å². The van der Waals surface area contributed by atoms with Crippen LogP contribution in [0.25, 0.3) is 5.70 Å². The van der Waals surface area contributed by atoms with Crippen molar-refractivity contribution in [2.45, 2.75) is 13.3 Å². The van der Waals surface area contributed by atoms with Crippen molar-refractivity contribution in [2.75, 3.05) is 18.5 Å². The Hall–Kier alpha value is -2.95. The molecular formula is C18H21N5. The molecule has 0 spiro atoms. The Bertz CT molecular complexity index is 725. The molecule has 0 amide bonds. The lowest BCUT2D eigenvalue weighted by Gasteiger charge is -2.03. The van der Waals surface area contributed by atoms with E-state index in [0.29, 0.717) is 11.5 Å². The van der Waals surface area contributed by atoms with Gasteiger partial charge in [0.15, 0.2) is 5.84 Å². The van der Waals surface area contributed by atoms with Gasteiger partial charge in [0, 0.05) is 29.5 Å². The van der Waals surface area contributed by atoms with Crippen molar-refractivity contribution in [1.29, 1.82) is 0 Å². The molecule has 0 aromatic heterocycles. The maximum absolute atomic E-state index is 5.73. The molecule has 0 aliphatic carbocycles. The third kappa shape index (κ3) is 4.51. The maximum atomic E-state index is 5.73. The van der Waals surface area contributed by atoms with E-state index in [0.717, 1.165) is 28.9 Å².